The number of ether oxygens (including phenoxy) is 1. The fourth-order valence-corrected chi connectivity index (χ4v) is 1.04. The zero-order valence-corrected chi connectivity index (χ0v) is 8.17. The van der Waals surface area contributed by atoms with Crippen LogP contribution in [0.15, 0.2) is 30.6 Å². The van der Waals surface area contributed by atoms with Gasteiger partial charge in [-0.15, -0.1) is 0 Å². The minimum atomic E-state index is -0.967. The Morgan fingerprint density at radius 2 is 1.87 bits per heavy atom. The molecule has 4 heteroatoms. The van der Waals surface area contributed by atoms with Gasteiger partial charge in [0.25, 0.3) is 0 Å². The standard InChI is InChI=1S/C11H10F2O2/c1-2-15-11(14)9-5-3-8(4-6-9)10(13)7-12/h3-7H,2H2,1H3/b10-7-. The molecule has 0 aliphatic rings. The fraction of sp³-hybridized carbons (Fsp3) is 0.182. The van der Waals surface area contributed by atoms with Crippen LogP contribution in [-0.2, 0) is 4.74 Å². The smallest absolute Gasteiger partial charge is 0.338 e. The summed E-state index contributed by atoms with van der Waals surface area (Å²) < 4.78 is 29.3. The van der Waals surface area contributed by atoms with E-state index in [2.05, 4.69) is 0 Å². The maximum absolute atomic E-state index is 12.7. The molecule has 0 radical (unpaired) electrons. The molecule has 0 aliphatic heterocycles. The predicted molar refractivity (Wildman–Crippen MR) is 52.6 cm³/mol. The molecule has 2 nitrogen and oxygen atoms in total. The molecule has 0 spiro atoms. The first kappa shape index (κ1) is 11.4. The Bertz CT molecular complexity index is 369. The van der Waals surface area contributed by atoms with Gasteiger partial charge in [-0.1, -0.05) is 12.1 Å². The zero-order chi connectivity index (χ0) is 11.3. The van der Waals surface area contributed by atoms with Gasteiger partial charge in [-0.05, 0) is 19.1 Å². The lowest BCUT2D eigenvalue weighted by molar-refractivity contribution is 0.0526. The van der Waals surface area contributed by atoms with Crippen molar-refractivity contribution in [2.45, 2.75) is 6.92 Å². The van der Waals surface area contributed by atoms with Crippen molar-refractivity contribution in [2.24, 2.45) is 0 Å². The van der Waals surface area contributed by atoms with E-state index in [0.29, 0.717) is 5.56 Å². The molecule has 0 unspecified atom stereocenters. The van der Waals surface area contributed by atoms with Crippen molar-refractivity contribution in [1.29, 1.82) is 0 Å². The normalized spacial score (nSPS) is 11.3. The molecule has 0 N–H and O–H groups in total. The summed E-state index contributed by atoms with van der Waals surface area (Å²) in [7, 11) is 0. The van der Waals surface area contributed by atoms with E-state index in [1.54, 1.807) is 6.92 Å². The number of rotatable bonds is 3. The van der Waals surface area contributed by atoms with E-state index in [9.17, 15) is 13.6 Å². The van der Waals surface area contributed by atoms with Crippen LogP contribution in [0.25, 0.3) is 5.83 Å². The Morgan fingerprint density at radius 3 is 2.33 bits per heavy atom. The van der Waals surface area contributed by atoms with Crippen LogP contribution >= 0.6 is 0 Å². The number of carbonyl (C=O) groups excluding carboxylic acids is 1. The second-order valence-corrected chi connectivity index (χ2v) is 2.75. The van der Waals surface area contributed by atoms with Gasteiger partial charge in [-0.2, -0.15) is 0 Å². The maximum atomic E-state index is 12.7. The Hall–Kier alpha value is -1.71. The summed E-state index contributed by atoms with van der Waals surface area (Å²) in [6.45, 7) is 1.97. The molecule has 0 aliphatic carbocycles. The van der Waals surface area contributed by atoms with Crippen molar-refractivity contribution >= 4 is 11.8 Å². The Balaban J connectivity index is 2.85. The molecule has 0 bridgehead atoms. The molecule has 0 atom stereocenters. The minimum Gasteiger partial charge on any atom is -0.462 e. The Morgan fingerprint density at radius 1 is 1.33 bits per heavy atom. The molecule has 0 amide bonds. The van der Waals surface area contributed by atoms with Crippen molar-refractivity contribution in [3.05, 3.63) is 41.7 Å². The average Bonchev–Trinajstić information content (AvgIpc) is 2.28. The van der Waals surface area contributed by atoms with Crippen LogP contribution in [-0.4, -0.2) is 12.6 Å². The van der Waals surface area contributed by atoms with E-state index in [1.807, 2.05) is 0 Å². The quantitative estimate of drug-likeness (QED) is 0.719. The molecular weight excluding hydrogens is 202 g/mol. The first-order chi connectivity index (χ1) is 7.19. The van der Waals surface area contributed by atoms with Crippen molar-refractivity contribution in [1.82, 2.24) is 0 Å². The van der Waals surface area contributed by atoms with Crippen LogP contribution in [0.3, 0.4) is 0 Å². The van der Waals surface area contributed by atoms with Gasteiger partial charge in [0, 0.05) is 5.56 Å². The van der Waals surface area contributed by atoms with Gasteiger partial charge < -0.3 is 4.74 Å². The summed E-state index contributed by atoms with van der Waals surface area (Å²) in [5.74, 6) is -1.45. The summed E-state index contributed by atoms with van der Waals surface area (Å²) in [5, 5.41) is 0. The van der Waals surface area contributed by atoms with Gasteiger partial charge in [0.2, 0.25) is 0 Å². The number of hydrogen-bond acceptors (Lipinski definition) is 2. The van der Waals surface area contributed by atoms with Crippen molar-refractivity contribution in [3.8, 4) is 0 Å². The van der Waals surface area contributed by atoms with Gasteiger partial charge >= 0.3 is 5.97 Å². The van der Waals surface area contributed by atoms with Crippen LogP contribution in [0.2, 0.25) is 0 Å². The van der Waals surface area contributed by atoms with E-state index < -0.39 is 11.8 Å². The molecule has 15 heavy (non-hydrogen) atoms. The van der Waals surface area contributed by atoms with Gasteiger partial charge in [-0.25, -0.2) is 13.6 Å². The number of benzene rings is 1. The summed E-state index contributed by atoms with van der Waals surface area (Å²) in [5.41, 5.74) is 0.401. The molecule has 0 fully saturated rings. The molecule has 80 valence electrons. The van der Waals surface area contributed by atoms with Gasteiger partial charge in [0.05, 0.1) is 12.2 Å². The average molecular weight is 212 g/mol. The van der Waals surface area contributed by atoms with Crippen LogP contribution in [0.5, 0.6) is 0 Å². The van der Waals surface area contributed by atoms with E-state index in [1.165, 1.54) is 24.3 Å². The van der Waals surface area contributed by atoms with Crippen LogP contribution in [0, 0.1) is 0 Å². The monoisotopic (exact) mass is 212 g/mol. The highest BCUT2D eigenvalue weighted by Gasteiger charge is 2.06. The first-order valence-corrected chi connectivity index (χ1v) is 4.42. The maximum Gasteiger partial charge on any atom is 0.338 e. The second-order valence-electron chi connectivity index (χ2n) is 2.75. The van der Waals surface area contributed by atoms with Crippen molar-refractivity contribution in [2.75, 3.05) is 6.61 Å². The predicted octanol–water partition coefficient (Wildman–Crippen LogP) is 3.10. The molecule has 0 heterocycles. The molecule has 0 aromatic heterocycles. The highest BCUT2D eigenvalue weighted by atomic mass is 19.2. The lowest BCUT2D eigenvalue weighted by Crippen LogP contribution is -2.04. The molecule has 1 aromatic rings. The van der Waals surface area contributed by atoms with Crippen molar-refractivity contribution in [3.63, 3.8) is 0 Å². The zero-order valence-electron chi connectivity index (χ0n) is 8.17. The van der Waals surface area contributed by atoms with Gasteiger partial charge in [0.1, 0.15) is 6.33 Å². The summed E-state index contributed by atoms with van der Waals surface area (Å²) in [6.07, 6.45) is -0.126. The third-order valence-corrected chi connectivity index (χ3v) is 1.77. The lowest BCUT2D eigenvalue weighted by Gasteiger charge is -2.02. The van der Waals surface area contributed by atoms with Gasteiger partial charge in [0.15, 0.2) is 5.83 Å². The highest BCUT2D eigenvalue weighted by Crippen LogP contribution is 2.16. The largest absolute Gasteiger partial charge is 0.462 e. The number of halogens is 2. The van der Waals surface area contributed by atoms with E-state index in [-0.39, 0.29) is 18.5 Å². The van der Waals surface area contributed by atoms with Crippen LogP contribution < -0.4 is 0 Å². The van der Waals surface area contributed by atoms with E-state index >= 15 is 0 Å². The minimum absolute atomic E-state index is 0.0885. The Kier molecular flexibility index (Phi) is 3.97. The number of hydrogen-bond donors (Lipinski definition) is 0. The summed E-state index contributed by atoms with van der Waals surface area (Å²) in [4.78, 5) is 11.2. The number of carbonyl (C=O) groups is 1. The highest BCUT2D eigenvalue weighted by molar-refractivity contribution is 5.89. The fourth-order valence-electron chi connectivity index (χ4n) is 1.04. The summed E-state index contributed by atoms with van der Waals surface area (Å²) >= 11 is 0. The Labute approximate surface area is 86.2 Å². The topological polar surface area (TPSA) is 26.3 Å². The van der Waals surface area contributed by atoms with Gasteiger partial charge in [-0.3, -0.25) is 0 Å². The van der Waals surface area contributed by atoms with E-state index in [0.717, 1.165) is 0 Å². The van der Waals surface area contributed by atoms with Crippen LogP contribution in [0.1, 0.15) is 22.8 Å². The SMILES string of the molecule is CCOC(=O)c1ccc(/C(F)=C/F)cc1. The number of esters is 1. The molecular formula is C11H10F2O2. The van der Waals surface area contributed by atoms with E-state index in [4.69, 9.17) is 4.74 Å². The third-order valence-electron chi connectivity index (χ3n) is 1.77. The van der Waals surface area contributed by atoms with Crippen LogP contribution in [0.4, 0.5) is 8.78 Å². The molecule has 0 saturated heterocycles. The molecule has 1 aromatic carbocycles. The second kappa shape index (κ2) is 5.24. The first-order valence-electron chi connectivity index (χ1n) is 4.42. The molecule has 1 rings (SSSR count). The summed E-state index contributed by atoms with van der Waals surface area (Å²) in [6, 6.07) is 5.40. The lowest BCUT2D eigenvalue weighted by atomic mass is 10.1. The molecule has 0 saturated carbocycles. The third kappa shape index (κ3) is 2.87. The van der Waals surface area contributed by atoms with Crippen molar-refractivity contribution < 1.29 is 18.3 Å².